The van der Waals surface area contributed by atoms with Crippen LogP contribution in [0.2, 0.25) is 0 Å². The van der Waals surface area contributed by atoms with Crippen LogP contribution in [0, 0.1) is 0 Å². The zero-order valence-corrected chi connectivity index (χ0v) is 9.47. The molecule has 0 saturated carbocycles. The quantitative estimate of drug-likeness (QED) is 0.798. The highest BCUT2D eigenvalue weighted by molar-refractivity contribution is 5.82. The third-order valence-corrected chi connectivity index (χ3v) is 2.33. The number of carbonyl (C=O) groups is 1. The van der Waals surface area contributed by atoms with Gasteiger partial charge < -0.3 is 9.67 Å². The SMILES string of the molecule is CC(O)C(=O)CCn1ccnc1C(C)C. The number of aliphatic hydroxyl groups is 1. The summed E-state index contributed by atoms with van der Waals surface area (Å²) in [7, 11) is 0. The van der Waals surface area contributed by atoms with Crippen LogP contribution in [0.1, 0.15) is 38.9 Å². The van der Waals surface area contributed by atoms with Crippen molar-refractivity contribution < 1.29 is 9.90 Å². The van der Waals surface area contributed by atoms with Crippen LogP contribution >= 0.6 is 0 Å². The van der Waals surface area contributed by atoms with Gasteiger partial charge in [-0.15, -0.1) is 0 Å². The maximum atomic E-state index is 11.2. The molecule has 1 rings (SSSR count). The van der Waals surface area contributed by atoms with Gasteiger partial charge in [0.05, 0.1) is 0 Å². The predicted molar refractivity (Wildman–Crippen MR) is 57.6 cm³/mol. The normalized spacial score (nSPS) is 13.1. The number of hydrogen-bond acceptors (Lipinski definition) is 3. The molecule has 15 heavy (non-hydrogen) atoms. The van der Waals surface area contributed by atoms with Crippen molar-refractivity contribution in [3.8, 4) is 0 Å². The molecular formula is C11H18N2O2. The highest BCUT2D eigenvalue weighted by Crippen LogP contribution is 2.12. The number of imidazole rings is 1. The van der Waals surface area contributed by atoms with Crippen molar-refractivity contribution in [2.24, 2.45) is 0 Å². The standard InChI is InChI=1S/C11H18N2O2/c1-8(2)11-12-5-7-13(11)6-4-10(15)9(3)14/h5,7-9,14H,4,6H2,1-3H3. The summed E-state index contributed by atoms with van der Waals surface area (Å²) in [5.41, 5.74) is 0. The molecule has 0 radical (unpaired) electrons. The third-order valence-electron chi connectivity index (χ3n) is 2.33. The Morgan fingerprint density at radius 3 is 2.73 bits per heavy atom. The molecule has 4 heteroatoms. The van der Waals surface area contributed by atoms with E-state index in [-0.39, 0.29) is 5.78 Å². The maximum absolute atomic E-state index is 11.2. The molecule has 0 aliphatic rings. The van der Waals surface area contributed by atoms with Crippen LogP contribution in [-0.2, 0) is 11.3 Å². The van der Waals surface area contributed by atoms with Gasteiger partial charge in [-0.3, -0.25) is 4.79 Å². The minimum atomic E-state index is -0.865. The molecular weight excluding hydrogens is 192 g/mol. The number of aromatic nitrogens is 2. The van der Waals surface area contributed by atoms with E-state index < -0.39 is 6.10 Å². The van der Waals surface area contributed by atoms with Gasteiger partial charge in [0.25, 0.3) is 0 Å². The number of Topliss-reactive ketones (excluding diaryl/α,β-unsaturated/α-hetero) is 1. The Labute approximate surface area is 89.9 Å². The Morgan fingerprint density at radius 1 is 1.53 bits per heavy atom. The van der Waals surface area contributed by atoms with Crippen molar-refractivity contribution in [3.63, 3.8) is 0 Å². The fourth-order valence-electron chi connectivity index (χ4n) is 1.45. The van der Waals surface area contributed by atoms with Crippen LogP contribution in [0.3, 0.4) is 0 Å². The summed E-state index contributed by atoms with van der Waals surface area (Å²) in [6.45, 7) is 6.22. The number of nitrogens with zero attached hydrogens (tertiary/aromatic N) is 2. The number of aliphatic hydroxyl groups excluding tert-OH is 1. The lowest BCUT2D eigenvalue weighted by atomic mass is 10.2. The van der Waals surface area contributed by atoms with Crippen LogP contribution in [0.25, 0.3) is 0 Å². The molecule has 0 bridgehead atoms. The van der Waals surface area contributed by atoms with Gasteiger partial charge in [0.15, 0.2) is 5.78 Å². The van der Waals surface area contributed by atoms with E-state index in [0.29, 0.717) is 18.9 Å². The molecule has 0 aliphatic carbocycles. The zero-order chi connectivity index (χ0) is 11.4. The first-order valence-corrected chi connectivity index (χ1v) is 5.24. The Morgan fingerprint density at radius 2 is 2.20 bits per heavy atom. The van der Waals surface area contributed by atoms with Gasteiger partial charge in [0, 0.05) is 31.3 Å². The second-order valence-electron chi connectivity index (χ2n) is 4.03. The lowest BCUT2D eigenvalue weighted by Crippen LogP contribution is -2.18. The second-order valence-corrected chi connectivity index (χ2v) is 4.03. The molecule has 0 amide bonds. The van der Waals surface area contributed by atoms with Crippen LogP contribution in [0.4, 0.5) is 0 Å². The van der Waals surface area contributed by atoms with Crippen LogP contribution in [0.5, 0.6) is 0 Å². The zero-order valence-electron chi connectivity index (χ0n) is 9.47. The summed E-state index contributed by atoms with van der Waals surface area (Å²) in [6.07, 6.45) is 3.09. The molecule has 0 fully saturated rings. The molecule has 0 spiro atoms. The fraction of sp³-hybridized carbons (Fsp3) is 0.636. The molecule has 84 valence electrons. The van der Waals surface area contributed by atoms with Crippen molar-refractivity contribution >= 4 is 5.78 Å². The Bertz CT molecular complexity index is 329. The highest BCUT2D eigenvalue weighted by Gasteiger charge is 2.11. The van der Waals surface area contributed by atoms with Crippen molar-refractivity contribution in [3.05, 3.63) is 18.2 Å². The number of rotatable bonds is 5. The van der Waals surface area contributed by atoms with E-state index >= 15 is 0 Å². The molecule has 1 unspecified atom stereocenters. The third kappa shape index (κ3) is 3.16. The number of ketones is 1. The van der Waals surface area contributed by atoms with Crippen molar-refractivity contribution in [2.75, 3.05) is 0 Å². The molecule has 1 atom stereocenters. The van der Waals surface area contributed by atoms with E-state index in [1.807, 2.05) is 10.8 Å². The van der Waals surface area contributed by atoms with E-state index in [1.54, 1.807) is 6.20 Å². The van der Waals surface area contributed by atoms with E-state index in [2.05, 4.69) is 18.8 Å². The van der Waals surface area contributed by atoms with Crippen molar-refractivity contribution in [1.82, 2.24) is 9.55 Å². The van der Waals surface area contributed by atoms with Crippen LogP contribution in [-0.4, -0.2) is 26.5 Å². The first-order chi connectivity index (χ1) is 7.02. The molecule has 1 aromatic heterocycles. The first-order valence-electron chi connectivity index (χ1n) is 5.24. The average Bonchev–Trinajstić information content (AvgIpc) is 2.61. The number of hydrogen-bond donors (Lipinski definition) is 1. The smallest absolute Gasteiger partial charge is 0.162 e. The Kier molecular flexibility index (Phi) is 4.03. The van der Waals surface area contributed by atoms with E-state index in [4.69, 9.17) is 5.11 Å². The largest absolute Gasteiger partial charge is 0.386 e. The monoisotopic (exact) mass is 210 g/mol. The number of carbonyl (C=O) groups excluding carboxylic acids is 1. The van der Waals surface area contributed by atoms with Gasteiger partial charge in [-0.25, -0.2) is 4.98 Å². The van der Waals surface area contributed by atoms with Gasteiger partial charge in [-0.1, -0.05) is 13.8 Å². The van der Waals surface area contributed by atoms with E-state index in [9.17, 15) is 4.79 Å². The molecule has 1 aromatic rings. The summed E-state index contributed by atoms with van der Waals surface area (Å²) in [5.74, 6) is 1.20. The lowest BCUT2D eigenvalue weighted by Gasteiger charge is -2.10. The number of aryl methyl sites for hydroxylation is 1. The minimum absolute atomic E-state index is 0.126. The predicted octanol–water partition coefficient (Wildman–Crippen LogP) is 1.35. The minimum Gasteiger partial charge on any atom is -0.386 e. The first kappa shape index (κ1) is 11.9. The Hall–Kier alpha value is -1.16. The van der Waals surface area contributed by atoms with Gasteiger partial charge in [0.1, 0.15) is 11.9 Å². The maximum Gasteiger partial charge on any atom is 0.162 e. The second kappa shape index (κ2) is 5.07. The van der Waals surface area contributed by atoms with Crippen molar-refractivity contribution in [1.29, 1.82) is 0 Å². The van der Waals surface area contributed by atoms with E-state index in [0.717, 1.165) is 5.82 Å². The molecule has 4 nitrogen and oxygen atoms in total. The van der Waals surface area contributed by atoms with Crippen LogP contribution in [0.15, 0.2) is 12.4 Å². The molecule has 1 N–H and O–H groups in total. The van der Waals surface area contributed by atoms with Gasteiger partial charge in [0.2, 0.25) is 0 Å². The fourth-order valence-corrected chi connectivity index (χ4v) is 1.45. The highest BCUT2D eigenvalue weighted by atomic mass is 16.3. The van der Waals surface area contributed by atoms with Gasteiger partial charge >= 0.3 is 0 Å². The van der Waals surface area contributed by atoms with Crippen molar-refractivity contribution in [2.45, 2.75) is 45.8 Å². The summed E-state index contributed by atoms with van der Waals surface area (Å²) < 4.78 is 1.96. The molecule has 0 aliphatic heterocycles. The summed E-state index contributed by atoms with van der Waals surface area (Å²) >= 11 is 0. The van der Waals surface area contributed by atoms with Crippen LogP contribution < -0.4 is 0 Å². The lowest BCUT2D eigenvalue weighted by molar-refractivity contribution is -0.126. The molecule has 0 saturated heterocycles. The Balaban J connectivity index is 2.58. The van der Waals surface area contributed by atoms with E-state index in [1.165, 1.54) is 6.92 Å². The molecule has 1 heterocycles. The average molecular weight is 210 g/mol. The summed E-state index contributed by atoms with van der Waals surface area (Å²) in [5, 5.41) is 9.05. The topological polar surface area (TPSA) is 55.1 Å². The summed E-state index contributed by atoms with van der Waals surface area (Å²) in [6, 6.07) is 0. The summed E-state index contributed by atoms with van der Waals surface area (Å²) in [4.78, 5) is 15.5. The molecule has 0 aromatic carbocycles. The van der Waals surface area contributed by atoms with Gasteiger partial charge in [-0.05, 0) is 6.92 Å². The van der Waals surface area contributed by atoms with Gasteiger partial charge in [-0.2, -0.15) is 0 Å².